The number of amides is 2. The van der Waals surface area contributed by atoms with E-state index in [9.17, 15) is 4.79 Å². The third kappa shape index (κ3) is 6.19. The first-order chi connectivity index (χ1) is 21.4. The number of aromatic nitrogens is 3. The van der Waals surface area contributed by atoms with Gasteiger partial charge >= 0.3 is 6.03 Å². The number of benzene rings is 3. The number of nitrogens with zero attached hydrogens (tertiary/aromatic N) is 5. The third-order valence-electron chi connectivity index (χ3n) is 7.65. The van der Waals surface area contributed by atoms with Crippen molar-refractivity contribution in [2.24, 2.45) is 0 Å². The zero-order chi connectivity index (χ0) is 30.6. The van der Waals surface area contributed by atoms with Gasteiger partial charge in [-0.15, -0.1) is 0 Å². The van der Waals surface area contributed by atoms with E-state index in [0.717, 1.165) is 28.2 Å². The zero-order valence-electron chi connectivity index (χ0n) is 25.3. The number of piperazine rings is 1. The van der Waals surface area contributed by atoms with E-state index in [4.69, 9.17) is 24.4 Å². The molecule has 0 bridgehead atoms. The molecule has 3 aromatic carbocycles. The number of carbonyl (C=O) groups is 1. The Morgan fingerprint density at radius 1 is 0.750 bits per heavy atom. The molecule has 0 radical (unpaired) electrons. The molecule has 5 aromatic rings. The maximum absolute atomic E-state index is 13.0. The number of ether oxygens (including phenoxy) is 2. The number of aryl methyl sites for hydroxylation is 2. The summed E-state index contributed by atoms with van der Waals surface area (Å²) in [6.07, 6.45) is 0. The van der Waals surface area contributed by atoms with Crippen LogP contribution in [0.2, 0.25) is 0 Å². The maximum Gasteiger partial charge on any atom is 0.321 e. The molecule has 0 spiro atoms. The van der Waals surface area contributed by atoms with Gasteiger partial charge in [0, 0.05) is 43.1 Å². The monoisotopic (exact) mass is 589 g/mol. The van der Waals surface area contributed by atoms with E-state index in [2.05, 4.69) is 22.5 Å². The Bertz CT molecular complexity index is 1800. The predicted octanol–water partition coefficient (Wildman–Crippen LogP) is 6.42. The Morgan fingerprint density at radius 2 is 1.52 bits per heavy atom. The second kappa shape index (κ2) is 12.5. The summed E-state index contributed by atoms with van der Waals surface area (Å²) in [5.74, 6) is 2.47. The van der Waals surface area contributed by atoms with Gasteiger partial charge in [0.25, 0.3) is 0 Å². The van der Waals surface area contributed by atoms with Crippen LogP contribution in [0.3, 0.4) is 0 Å². The summed E-state index contributed by atoms with van der Waals surface area (Å²) in [5, 5.41) is 6.38. The highest BCUT2D eigenvalue weighted by Crippen LogP contribution is 2.34. The maximum atomic E-state index is 13.0. The highest BCUT2D eigenvalue weighted by Gasteiger charge is 2.25. The molecule has 10 heteroatoms. The lowest BCUT2D eigenvalue weighted by atomic mass is 10.1. The summed E-state index contributed by atoms with van der Waals surface area (Å²) in [6, 6.07) is 25.4. The van der Waals surface area contributed by atoms with Gasteiger partial charge in [0.05, 0.1) is 25.4 Å². The lowest BCUT2D eigenvalue weighted by Crippen LogP contribution is -2.50. The lowest BCUT2D eigenvalue weighted by Gasteiger charge is -2.35. The average Bonchev–Trinajstić information content (AvgIpc) is 3.05. The summed E-state index contributed by atoms with van der Waals surface area (Å²) in [4.78, 5) is 31.9. The Labute approximate surface area is 256 Å². The van der Waals surface area contributed by atoms with E-state index in [0.29, 0.717) is 60.5 Å². The first kappa shape index (κ1) is 28.7. The summed E-state index contributed by atoms with van der Waals surface area (Å²) in [5.41, 5.74) is 7.00. The van der Waals surface area contributed by atoms with Crippen LogP contribution in [0.5, 0.6) is 11.5 Å². The molecule has 1 aliphatic rings. The van der Waals surface area contributed by atoms with Crippen LogP contribution in [0.25, 0.3) is 22.3 Å². The number of carbonyl (C=O) groups excluding carboxylic acids is 1. The summed E-state index contributed by atoms with van der Waals surface area (Å²) in [7, 11) is 3.23. The molecule has 10 nitrogen and oxygen atoms in total. The minimum Gasteiger partial charge on any atom is -0.493 e. The fourth-order valence-electron chi connectivity index (χ4n) is 5.24. The number of methoxy groups -OCH3 is 2. The van der Waals surface area contributed by atoms with Gasteiger partial charge in [-0.25, -0.2) is 14.8 Å². The zero-order valence-corrected chi connectivity index (χ0v) is 25.3. The highest BCUT2D eigenvalue weighted by atomic mass is 16.5. The third-order valence-corrected chi connectivity index (χ3v) is 7.65. The molecule has 2 N–H and O–H groups in total. The van der Waals surface area contributed by atoms with E-state index in [-0.39, 0.29) is 6.03 Å². The van der Waals surface area contributed by atoms with E-state index >= 15 is 0 Å². The van der Waals surface area contributed by atoms with Gasteiger partial charge in [0.1, 0.15) is 5.52 Å². The number of fused-ring (bicyclic) bond motifs is 1. The molecule has 1 aliphatic heterocycles. The molecule has 44 heavy (non-hydrogen) atoms. The fraction of sp³-hybridized carbons (Fsp3) is 0.235. The number of nitrogens with one attached hydrogen (secondary N) is 2. The molecular weight excluding hydrogens is 554 g/mol. The SMILES string of the molecule is COc1ccc(-c2ccc3nc(Nc4ccc(C)cc4)nc(N4CCN(C(=O)Nc5cccc(C)c5)CC4)c3n2)cc1OC. The van der Waals surface area contributed by atoms with Crippen LogP contribution < -0.4 is 25.0 Å². The lowest BCUT2D eigenvalue weighted by molar-refractivity contribution is 0.208. The van der Waals surface area contributed by atoms with E-state index in [1.165, 1.54) is 5.56 Å². The number of urea groups is 1. The van der Waals surface area contributed by atoms with Gasteiger partial charge in [-0.3, -0.25) is 0 Å². The molecule has 2 aromatic heterocycles. The molecule has 3 heterocycles. The number of pyridine rings is 1. The number of anilines is 4. The van der Waals surface area contributed by atoms with Crippen molar-refractivity contribution in [1.29, 1.82) is 0 Å². The molecule has 2 amide bonds. The topological polar surface area (TPSA) is 105 Å². The van der Waals surface area contributed by atoms with E-state index in [1.54, 1.807) is 14.2 Å². The molecule has 1 saturated heterocycles. The molecule has 1 fully saturated rings. The van der Waals surface area contributed by atoms with Crippen molar-refractivity contribution in [3.63, 3.8) is 0 Å². The molecule has 0 atom stereocenters. The van der Waals surface area contributed by atoms with Gasteiger partial charge in [0.2, 0.25) is 5.95 Å². The Kier molecular flexibility index (Phi) is 8.14. The Hall–Kier alpha value is -5.38. The Morgan fingerprint density at radius 3 is 2.25 bits per heavy atom. The summed E-state index contributed by atoms with van der Waals surface area (Å²) >= 11 is 0. The average molecular weight is 590 g/mol. The first-order valence-corrected chi connectivity index (χ1v) is 14.5. The molecule has 0 saturated carbocycles. The van der Waals surface area contributed by atoms with Crippen molar-refractivity contribution >= 4 is 40.2 Å². The van der Waals surface area contributed by atoms with Crippen LogP contribution in [-0.4, -0.2) is 66.3 Å². The first-order valence-electron chi connectivity index (χ1n) is 14.5. The molecular formula is C34H35N7O3. The van der Waals surface area contributed by atoms with Crippen molar-refractivity contribution in [3.05, 3.63) is 90.0 Å². The summed E-state index contributed by atoms with van der Waals surface area (Å²) in [6.45, 7) is 6.33. The second-order valence-electron chi connectivity index (χ2n) is 10.8. The van der Waals surface area contributed by atoms with Gasteiger partial charge in [-0.1, -0.05) is 29.8 Å². The number of rotatable bonds is 7. The van der Waals surface area contributed by atoms with Crippen LogP contribution in [0.4, 0.5) is 27.9 Å². The van der Waals surface area contributed by atoms with Crippen LogP contribution in [0, 0.1) is 13.8 Å². The van der Waals surface area contributed by atoms with Crippen molar-refractivity contribution in [1.82, 2.24) is 19.9 Å². The van der Waals surface area contributed by atoms with Gasteiger partial charge < -0.3 is 29.9 Å². The van der Waals surface area contributed by atoms with Gasteiger partial charge in [0.15, 0.2) is 17.3 Å². The quantitative estimate of drug-likeness (QED) is 0.224. The Balaban J connectivity index is 1.31. The smallest absolute Gasteiger partial charge is 0.321 e. The van der Waals surface area contributed by atoms with Crippen molar-refractivity contribution < 1.29 is 14.3 Å². The highest BCUT2D eigenvalue weighted by molar-refractivity contribution is 5.91. The van der Waals surface area contributed by atoms with Crippen molar-refractivity contribution in [3.8, 4) is 22.8 Å². The number of hydrogen-bond donors (Lipinski definition) is 2. The molecule has 6 rings (SSSR count). The largest absolute Gasteiger partial charge is 0.493 e. The number of hydrogen-bond acceptors (Lipinski definition) is 8. The van der Waals surface area contributed by atoms with Crippen LogP contribution in [-0.2, 0) is 0 Å². The van der Waals surface area contributed by atoms with Crippen LogP contribution in [0.15, 0.2) is 78.9 Å². The summed E-state index contributed by atoms with van der Waals surface area (Å²) < 4.78 is 10.9. The van der Waals surface area contributed by atoms with Crippen molar-refractivity contribution in [2.45, 2.75) is 13.8 Å². The second-order valence-corrected chi connectivity index (χ2v) is 10.8. The van der Waals surface area contributed by atoms with Crippen LogP contribution in [0.1, 0.15) is 11.1 Å². The minimum atomic E-state index is -0.113. The minimum absolute atomic E-state index is 0.113. The van der Waals surface area contributed by atoms with Gasteiger partial charge in [-0.2, -0.15) is 4.98 Å². The normalized spacial score (nSPS) is 13.1. The standard InChI is InChI=1S/C34H35N7O3/c1-22-8-11-25(12-9-22)35-33-38-28-14-13-27(24-10-15-29(43-3)30(21-24)44-4)37-31(28)32(39-33)40-16-18-41(19-17-40)34(42)36-26-7-5-6-23(2)20-26/h5-15,20-21H,16-19H2,1-4H3,(H,36,42)(H,35,38,39). The van der Waals surface area contributed by atoms with Crippen LogP contribution >= 0.6 is 0 Å². The van der Waals surface area contributed by atoms with E-state index in [1.807, 2.05) is 90.7 Å². The molecule has 224 valence electrons. The predicted molar refractivity (Wildman–Crippen MR) is 174 cm³/mol. The molecule has 0 unspecified atom stereocenters. The van der Waals surface area contributed by atoms with Gasteiger partial charge in [-0.05, 0) is 74.0 Å². The molecule has 0 aliphatic carbocycles. The van der Waals surface area contributed by atoms with Crippen molar-refractivity contribution in [2.75, 3.05) is 55.9 Å². The fourth-order valence-corrected chi connectivity index (χ4v) is 5.24. The van der Waals surface area contributed by atoms with E-state index < -0.39 is 0 Å².